The van der Waals surface area contributed by atoms with Gasteiger partial charge in [-0.15, -0.1) is 0 Å². The minimum Gasteiger partial charge on any atom is -0.493 e. The number of anilines is 2. The van der Waals surface area contributed by atoms with E-state index in [1.165, 1.54) is 18.4 Å². The van der Waals surface area contributed by atoms with Crippen molar-refractivity contribution in [3.63, 3.8) is 0 Å². The van der Waals surface area contributed by atoms with Crippen LogP contribution in [0.25, 0.3) is 11.4 Å². The van der Waals surface area contributed by atoms with Crippen molar-refractivity contribution in [3.05, 3.63) is 65.9 Å². The third kappa shape index (κ3) is 4.33. The van der Waals surface area contributed by atoms with Gasteiger partial charge in [-0.05, 0) is 73.3 Å². The van der Waals surface area contributed by atoms with E-state index in [0.29, 0.717) is 11.7 Å². The molecule has 1 aromatic heterocycles. The molecule has 0 aliphatic carbocycles. The lowest BCUT2D eigenvalue weighted by Gasteiger charge is -2.22. The second-order valence-electron chi connectivity index (χ2n) is 7.81. The Morgan fingerprint density at radius 1 is 1.07 bits per heavy atom. The van der Waals surface area contributed by atoms with Gasteiger partial charge in [-0.2, -0.15) is 0 Å². The van der Waals surface area contributed by atoms with Crippen LogP contribution in [0.15, 0.2) is 59.7 Å². The monoisotopic (exact) mass is 399 g/mol. The van der Waals surface area contributed by atoms with Crippen molar-refractivity contribution in [3.8, 4) is 17.1 Å². The van der Waals surface area contributed by atoms with E-state index in [1.54, 1.807) is 6.20 Å². The van der Waals surface area contributed by atoms with Crippen molar-refractivity contribution < 1.29 is 4.74 Å². The Morgan fingerprint density at radius 2 is 2.00 bits per heavy atom. The Hall–Kier alpha value is -3.25. The molecule has 2 aliphatic rings. The number of fused-ring (bicyclic) bond motifs is 1. The minimum atomic E-state index is 0.621. The molecule has 0 radical (unpaired) electrons. The van der Waals surface area contributed by atoms with Gasteiger partial charge in [-0.1, -0.05) is 18.2 Å². The highest BCUT2D eigenvalue weighted by Crippen LogP contribution is 2.25. The summed E-state index contributed by atoms with van der Waals surface area (Å²) in [5.41, 5.74) is 4.35. The van der Waals surface area contributed by atoms with Crippen LogP contribution in [0.2, 0.25) is 0 Å². The number of nitrogens with one attached hydrogen (secondary N) is 2. The van der Waals surface area contributed by atoms with Crippen LogP contribution >= 0.6 is 0 Å². The SMILES string of the molecule is C1=NCc2ccc(Nc3ccnc(-c4cccc(OCC5CCNCC5)c4)n3)cc21. The molecule has 0 amide bonds. The van der Waals surface area contributed by atoms with E-state index < -0.39 is 0 Å². The molecule has 5 rings (SSSR count). The normalized spacial score (nSPS) is 15.7. The molecule has 152 valence electrons. The largest absolute Gasteiger partial charge is 0.493 e. The lowest BCUT2D eigenvalue weighted by molar-refractivity contribution is 0.215. The quantitative estimate of drug-likeness (QED) is 0.650. The van der Waals surface area contributed by atoms with Gasteiger partial charge in [0.1, 0.15) is 11.6 Å². The van der Waals surface area contributed by atoms with Crippen molar-refractivity contribution in [2.24, 2.45) is 10.9 Å². The van der Waals surface area contributed by atoms with Crippen molar-refractivity contribution in [2.75, 3.05) is 25.0 Å². The lowest BCUT2D eigenvalue weighted by atomic mass is 9.99. The predicted molar refractivity (Wildman–Crippen MR) is 120 cm³/mol. The van der Waals surface area contributed by atoms with E-state index in [1.807, 2.05) is 36.5 Å². The fourth-order valence-electron chi connectivity index (χ4n) is 3.88. The molecule has 2 aromatic carbocycles. The zero-order valence-electron chi connectivity index (χ0n) is 16.8. The summed E-state index contributed by atoms with van der Waals surface area (Å²) in [5.74, 6) is 2.92. The molecular weight excluding hydrogens is 374 g/mol. The Morgan fingerprint density at radius 3 is 2.93 bits per heavy atom. The molecule has 0 unspecified atom stereocenters. The minimum absolute atomic E-state index is 0.621. The van der Waals surface area contributed by atoms with Crippen molar-refractivity contribution in [1.29, 1.82) is 0 Å². The van der Waals surface area contributed by atoms with Gasteiger partial charge >= 0.3 is 0 Å². The second-order valence-corrected chi connectivity index (χ2v) is 7.81. The van der Waals surface area contributed by atoms with E-state index in [2.05, 4.69) is 38.8 Å². The highest BCUT2D eigenvalue weighted by Gasteiger charge is 2.14. The first-order valence-corrected chi connectivity index (χ1v) is 10.5. The molecule has 0 spiro atoms. The molecule has 1 saturated heterocycles. The molecular formula is C24H25N5O. The average molecular weight is 399 g/mol. The smallest absolute Gasteiger partial charge is 0.161 e. The predicted octanol–water partition coefficient (Wildman–Crippen LogP) is 4.20. The van der Waals surface area contributed by atoms with Crippen molar-refractivity contribution in [2.45, 2.75) is 19.4 Å². The molecule has 6 nitrogen and oxygen atoms in total. The van der Waals surface area contributed by atoms with Gasteiger partial charge in [0.25, 0.3) is 0 Å². The first-order valence-electron chi connectivity index (χ1n) is 10.5. The zero-order valence-corrected chi connectivity index (χ0v) is 16.8. The number of aromatic nitrogens is 2. The summed E-state index contributed by atoms with van der Waals surface area (Å²) in [6, 6.07) is 16.2. The second kappa shape index (κ2) is 8.63. The highest BCUT2D eigenvalue weighted by atomic mass is 16.5. The van der Waals surface area contributed by atoms with Crippen LogP contribution < -0.4 is 15.4 Å². The number of hydrogen-bond acceptors (Lipinski definition) is 6. The van der Waals surface area contributed by atoms with Gasteiger partial charge in [0.2, 0.25) is 0 Å². The first kappa shape index (κ1) is 18.8. The molecule has 2 aliphatic heterocycles. The first-order chi connectivity index (χ1) is 14.8. The fourth-order valence-corrected chi connectivity index (χ4v) is 3.88. The molecule has 6 heteroatoms. The van der Waals surface area contributed by atoms with Crippen LogP contribution in [0.5, 0.6) is 5.75 Å². The average Bonchev–Trinajstić information content (AvgIpc) is 3.27. The van der Waals surface area contributed by atoms with Crippen LogP contribution in [0, 0.1) is 5.92 Å². The van der Waals surface area contributed by atoms with Gasteiger partial charge in [-0.3, -0.25) is 4.99 Å². The van der Waals surface area contributed by atoms with Crippen LogP contribution in [-0.4, -0.2) is 35.9 Å². The number of nitrogens with zero attached hydrogens (tertiary/aromatic N) is 3. The maximum atomic E-state index is 6.06. The summed E-state index contributed by atoms with van der Waals surface area (Å²) >= 11 is 0. The Labute approximate surface area is 176 Å². The molecule has 0 saturated carbocycles. The number of piperidine rings is 1. The third-order valence-corrected chi connectivity index (χ3v) is 5.60. The van der Waals surface area contributed by atoms with Crippen LogP contribution in [0.4, 0.5) is 11.5 Å². The molecule has 1 fully saturated rings. The number of hydrogen-bond donors (Lipinski definition) is 2. The Kier molecular flexibility index (Phi) is 5.40. The summed E-state index contributed by atoms with van der Waals surface area (Å²) in [5, 5.41) is 6.77. The maximum absolute atomic E-state index is 6.06. The van der Waals surface area contributed by atoms with E-state index >= 15 is 0 Å². The summed E-state index contributed by atoms with van der Waals surface area (Å²) in [6.45, 7) is 3.69. The number of aliphatic imine (C=N–C) groups is 1. The van der Waals surface area contributed by atoms with Crippen LogP contribution in [0.1, 0.15) is 24.0 Å². The number of benzene rings is 2. The summed E-state index contributed by atoms with van der Waals surface area (Å²) in [4.78, 5) is 13.5. The Bertz CT molecular complexity index is 1060. The number of ether oxygens (including phenoxy) is 1. The van der Waals surface area contributed by atoms with Gasteiger partial charge in [0.15, 0.2) is 5.82 Å². The van der Waals surface area contributed by atoms with E-state index in [0.717, 1.165) is 54.6 Å². The highest BCUT2D eigenvalue weighted by molar-refractivity contribution is 5.86. The van der Waals surface area contributed by atoms with Crippen molar-refractivity contribution in [1.82, 2.24) is 15.3 Å². The summed E-state index contributed by atoms with van der Waals surface area (Å²) in [6.07, 6.45) is 6.04. The molecule has 3 aromatic rings. The summed E-state index contributed by atoms with van der Waals surface area (Å²) < 4.78 is 6.06. The molecule has 3 heterocycles. The van der Waals surface area contributed by atoms with Gasteiger partial charge in [-0.25, -0.2) is 9.97 Å². The van der Waals surface area contributed by atoms with Gasteiger partial charge < -0.3 is 15.4 Å². The molecule has 0 bridgehead atoms. The van der Waals surface area contributed by atoms with Gasteiger partial charge in [0, 0.05) is 23.7 Å². The van der Waals surface area contributed by atoms with E-state index in [4.69, 9.17) is 9.72 Å². The van der Waals surface area contributed by atoms with Crippen LogP contribution in [0.3, 0.4) is 0 Å². The molecule has 2 N–H and O–H groups in total. The summed E-state index contributed by atoms with van der Waals surface area (Å²) in [7, 11) is 0. The molecule has 0 atom stereocenters. The third-order valence-electron chi connectivity index (χ3n) is 5.60. The standard InChI is InChI=1S/C24H25N5O/c1-2-18(13-22(3-1)30-16-17-6-9-25-10-7-17)24-27-11-8-23(29-24)28-21-5-4-19-14-26-15-20(19)12-21/h1-5,8,11-13,15,17,25H,6-7,9-10,14,16H2,(H,27,28,29). The number of rotatable bonds is 6. The maximum Gasteiger partial charge on any atom is 0.161 e. The van der Waals surface area contributed by atoms with Gasteiger partial charge in [0.05, 0.1) is 13.2 Å². The lowest BCUT2D eigenvalue weighted by Crippen LogP contribution is -2.30. The zero-order chi connectivity index (χ0) is 20.2. The van der Waals surface area contributed by atoms with Crippen LogP contribution in [-0.2, 0) is 6.54 Å². The Balaban J connectivity index is 1.29. The van der Waals surface area contributed by atoms with Crippen molar-refractivity contribution >= 4 is 17.7 Å². The van der Waals surface area contributed by atoms with E-state index in [9.17, 15) is 0 Å². The fraction of sp³-hybridized carbons (Fsp3) is 0.292. The topological polar surface area (TPSA) is 71.4 Å². The molecule has 30 heavy (non-hydrogen) atoms. The van der Waals surface area contributed by atoms with E-state index in [-0.39, 0.29) is 0 Å².